The minimum Gasteiger partial charge on any atom is -0.490 e. The first-order valence-electron chi connectivity index (χ1n) is 10.3. The molecule has 1 aliphatic heterocycles. The number of pyridine rings is 1. The van der Waals surface area contributed by atoms with E-state index in [0.29, 0.717) is 42.6 Å². The summed E-state index contributed by atoms with van der Waals surface area (Å²) in [6, 6.07) is 5.26. The number of rotatable bonds is 9. The van der Waals surface area contributed by atoms with E-state index in [9.17, 15) is 18.0 Å². The zero-order valence-electron chi connectivity index (χ0n) is 18.1. The number of aromatic nitrogens is 1. The van der Waals surface area contributed by atoms with Crippen LogP contribution in [0.15, 0.2) is 30.5 Å². The molecule has 0 aliphatic carbocycles. The van der Waals surface area contributed by atoms with Crippen molar-refractivity contribution in [2.24, 2.45) is 0 Å². The van der Waals surface area contributed by atoms with Crippen LogP contribution in [-0.2, 0) is 6.18 Å². The largest absolute Gasteiger partial charge is 0.490 e. The Balaban J connectivity index is 1.73. The lowest BCUT2D eigenvalue weighted by atomic mass is 10.1. The first-order valence-corrected chi connectivity index (χ1v) is 10.3. The normalized spacial score (nSPS) is 14.0. The summed E-state index contributed by atoms with van der Waals surface area (Å²) in [7, 11) is 0. The second-order valence-corrected chi connectivity index (χ2v) is 6.90. The van der Waals surface area contributed by atoms with Crippen LogP contribution in [0.4, 0.5) is 13.2 Å². The van der Waals surface area contributed by atoms with Crippen molar-refractivity contribution in [3.8, 4) is 23.1 Å². The Morgan fingerprint density at radius 3 is 2.19 bits per heavy atom. The summed E-state index contributed by atoms with van der Waals surface area (Å²) in [5.74, 6) is 0.398. The third-order valence-corrected chi connectivity index (χ3v) is 4.65. The molecule has 2 aromatic rings. The molecule has 174 valence electrons. The van der Waals surface area contributed by atoms with Crippen LogP contribution in [0.25, 0.3) is 0 Å². The zero-order chi connectivity index (χ0) is 23.3. The molecule has 1 aromatic heterocycles. The standard InChI is InChI=1S/C22H25F3N2O5/c1-4-29-17-10-14(11-18(30-5-2)19(17)31-6-3)21(28)27-12-15(13-27)32-20-16(22(23,24)25)8-7-9-26-20/h7-11,15H,4-6,12-13H2,1-3H3. The van der Waals surface area contributed by atoms with Gasteiger partial charge in [-0.25, -0.2) is 4.98 Å². The molecule has 1 saturated heterocycles. The number of halogens is 3. The molecule has 1 fully saturated rings. The molecule has 2 heterocycles. The molecular formula is C22H25F3N2O5. The molecule has 0 radical (unpaired) electrons. The summed E-state index contributed by atoms with van der Waals surface area (Å²) in [6.07, 6.45) is -3.93. The van der Waals surface area contributed by atoms with E-state index in [1.54, 1.807) is 12.1 Å². The van der Waals surface area contributed by atoms with Crippen LogP contribution in [0.1, 0.15) is 36.7 Å². The van der Waals surface area contributed by atoms with Gasteiger partial charge in [-0.15, -0.1) is 0 Å². The van der Waals surface area contributed by atoms with Gasteiger partial charge < -0.3 is 23.8 Å². The molecule has 0 saturated carbocycles. The van der Waals surface area contributed by atoms with Crippen LogP contribution in [0.5, 0.6) is 23.1 Å². The highest BCUT2D eigenvalue weighted by atomic mass is 19.4. The number of alkyl halides is 3. The minimum atomic E-state index is -4.57. The molecule has 10 heteroatoms. The highest BCUT2D eigenvalue weighted by Crippen LogP contribution is 2.40. The lowest BCUT2D eigenvalue weighted by molar-refractivity contribution is -0.140. The van der Waals surface area contributed by atoms with E-state index >= 15 is 0 Å². The number of carbonyl (C=O) groups excluding carboxylic acids is 1. The molecule has 32 heavy (non-hydrogen) atoms. The van der Waals surface area contributed by atoms with E-state index in [1.807, 2.05) is 20.8 Å². The maximum absolute atomic E-state index is 13.1. The Kier molecular flexibility index (Phi) is 7.32. The molecule has 3 rings (SSSR count). The van der Waals surface area contributed by atoms with Gasteiger partial charge in [0.15, 0.2) is 11.5 Å². The molecule has 0 N–H and O–H groups in total. The van der Waals surface area contributed by atoms with Crippen molar-refractivity contribution in [2.45, 2.75) is 33.1 Å². The molecule has 0 unspecified atom stereocenters. The fraction of sp³-hybridized carbons (Fsp3) is 0.455. The minimum absolute atomic E-state index is 0.133. The third kappa shape index (κ3) is 5.17. The van der Waals surface area contributed by atoms with Gasteiger partial charge in [-0.1, -0.05) is 0 Å². The van der Waals surface area contributed by atoms with Gasteiger partial charge in [0.05, 0.1) is 32.9 Å². The van der Waals surface area contributed by atoms with E-state index in [1.165, 1.54) is 17.2 Å². The van der Waals surface area contributed by atoms with Gasteiger partial charge in [0, 0.05) is 11.8 Å². The van der Waals surface area contributed by atoms with Crippen molar-refractivity contribution >= 4 is 5.91 Å². The topological polar surface area (TPSA) is 70.1 Å². The van der Waals surface area contributed by atoms with E-state index in [2.05, 4.69) is 4.98 Å². The first kappa shape index (κ1) is 23.5. The van der Waals surface area contributed by atoms with Gasteiger partial charge in [-0.3, -0.25) is 4.79 Å². The van der Waals surface area contributed by atoms with Crippen LogP contribution < -0.4 is 18.9 Å². The van der Waals surface area contributed by atoms with Crippen molar-refractivity contribution in [2.75, 3.05) is 32.9 Å². The zero-order valence-corrected chi connectivity index (χ0v) is 18.1. The van der Waals surface area contributed by atoms with Crippen molar-refractivity contribution < 1.29 is 36.9 Å². The highest BCUT2D eigenvalue weighted by molar-refractivity contribution is 5.96. The van der Waals surface area contributed by atoms with Gasteiger partial charge in [-0.2, -0.15) is 13.2 Å². The molecule has 7 nitrogen and oxygen atoms in total. The number of hydrogen-bond acceptors (Lipinski definition) is 6. The lowest BCUT2D eigenvalue weighted by Crippen LogP contribution is -2.56. The predicted molar refractivity (Wildman–Crippen MR) is 110 cm³/mol. The number of amides is 1. The number of hydrogen-bond donors (Lipinski definition) is 0. The SMILES string of the molecule is CCOc1cc(C(=O)N2CC(Oc3ncccc3C(F)(F)F)C2)cc(OCC)c1OCC. The molecule has 0 spiro atoms. The van der Waals surface area contributed by atoms with Crippen LogP contribution in [0.3, 0.4) is 0 Å². The number of ether oxygens (including phenoxy) is 4. The van der Waals surface area contributed by atoms with Gasteiger partial charge in [0.25, 0.3) is 5.91 Å². The average molecular weight is 454 g/mol. The van der Waals surface area contributed by atoms with Crippen LogP contribution in [0, 0.1) is 0 Å². The summed E-state index contributed by atoms with van der Waals surface area (Å²) in [6.45, 7) is 6.86. The monoisotopic (exact) mass is 454 g/mol. The summed E-state index contributed by atoms with van der Waals surface area (Å²) in [5, 5.41) is 0. The predicted octanol–water partition coefficient (Wildman–Crippen LogP) is 4.20. The first-order chi connectivity index (χ1) is 15.3. The van der Waals surface area contributed by atoms with E-state index in [4.69, 9.17) is 18.9 Å². The molecular weight excluding hydrogens is 429 g/mol. The lowest BCUT2D eigenvalue weighted by Gasteiger charge is -2.39. The molecule has 1 amide bonds. The van der Waals surface area contributed by atoms with Crippen LogP contribution >= 0.6 is 0 Å². The summed E-state index contributed by atoms with van der Waals surface area (Å²) < 4.78 is 61.7. The van der Waals surface area contributed by atoms with E-state index < -0.39 is 23.7 Å². The van der Waals surface area contributed by atoms with E-state index in [-0.39, 0.29) is 19.0 Å². The molecule has 0 bridgehead atoms. The Labute approximate surface area is 184 Å². The van der Waals surface area contributed by atoms with Crippen molar-refractivity contribution in [3.05, 3.63) is 41.6 Å². The number of carbonyl (C=O) groups is 1. The summed E-state index contributed by atoms with van der Waals surface area (Å²) in [4.78, 5) is 18.1. The third-order valence-electron chi connectivity index (χ3n) is 4.65. The Morgan fingerprint density at radius 1 is 1.06 bits per heavy atom. The summed E-state index contributed by atoms with van der Waals surface area (Å²) in [5.41, 5.74) is -0.619. The maximum Gasteiger partial charge on any atom is 0.421 e. The van der Waals surface area contributed by atoms with Crippen molar-refractivity contribution in [3.63, 3.8) is 0 Å². The van der Waals surface area contributed by atoms with Gasteiger partial charge in [0.2, 0.25) is 11.6 Å². The summed E-state index contributed by atoms with van der Waals surface area (Å²) >= 11 is 0. The maximum atomic E-state index is 13.1. The highest BCUT2D eigenvalue weighted by Gasteiger charge is 2.39. The molecule has 1 aliphatic rings. The number of benzene rings is 1. The van der Waals surface area contributed by atoms with Crippen LogP contribution in [-0.4, -0.2) is 54.8 Å². The fourth-order valence-electron chi connectivity index (χ4n) is 3.23. The number of likely N-dealkylation sites (tertiary alicyclic amines) is 1. The Bertz CT molecular complexity index is 918. The van der Waals surface area contributed by atoms with Gasteiger partial charge in [-0.05, 0) is 45.0 Å². The second kappa shape index (κ2) is 9.97. The molecule has 1 aromatic carbocycles. The number of nitrogens with zero attached hydrogens (tertiary/aromatic N) is 2. The quantitative estimate of drug-likeness (QED) is 0.566. The van der Waals surface area contributed by atoms with Gasteiger partial charge in [0.1, 0.15) is 11.7 Å². The second-order valence-electron chi connectivity index (χ2n) is 6.90. The Morgan fingerprint density at radius 2 is 1.66 bits per heavy atom. The van der Waals surface area contributed by atoms with Crippen molar-refractivity contribution in [1.82, 2.24) is 9.88 Å². The Hall–Kier alpha value is -3.17. The van der Waals surface area contributed by atoms with Gasteiger partial charge >= 0.3 is 6.18 Å². The van der Waals surface area contributed by atoms with E-state index in [0.717, 1.165) is 6.07 Å². The molecule has 0 atom stereocenters. The fourth-order valence-corrected chi connectivity index (χ4v) is 3.23. The van der Waals surface area contributed by atoms with Crippen molar-refractivity contribution in [1.29, 1.82) is 0 Å². The van der Waals surface area contributed by atoms with Crippen LogP contribution in [0.2, 0.25) is 0 Å². The smallest absolute Gasteiger partial charge is 0.421 e. The average Bonchev–Trinajstić information content (AvgIpc) is 2.72.